The Morgan fingerprint density at radius 1 is 0.956 bits per heavy atom. The van der Waals surface area contributed by atoms with Crippen molar-refractivity contribution in [2.24, 2.45) is 0 Å². The summed E-state index contributed by atoms with van der Waals surface area (Å²) in [6, 6.07) is 12.7. The first kappa shape index (κ1) is 33.6. The van der Waals surface area contributed by atoms with Crippen LogP contribution in [0.25, 0.3) is 0 Å². The lowest BCUT2D eigenvalue weighted by Gasteiger charge is -2.35. The minimum absolute atomic E-state index is 0.0798. The summed E-state index contributed by atoms with van der Waals surface area (Å²) in [5.41, 5.74) is -1.32. The molecule has 0 aliphatic carbocycles. The minimum Gasteiger partial charge on any atom is -0.486 e. The summed E-state index contributed by atoms with van der Waals surface area (Å²) in [6.07, 6.45) is -7.56. The number of carbonyl (C=O) groups is 2. The molecule has 1 aliphatic rings. The number of benzene rings is 3. The van der Waals surface area contributed by atoms with Gasteiger partial charge in [0.2, 0.25) is 5.91 Å². The molecule has 0 saturated carbocycles. The van der Waals surface area contributed by atoms with Crippen LogP contribution >= 0.6 is 0 Å². The van der Waals surface area contributed by atoms with Crippen molar-refractivity contribution in [1.82, 2.24) is 4.72 Å². The zero-order chi connectivity index (χ0) is 33.4. The summed E-state index contributed by atoms with van der Waals surface area (Å²) >= 11 is 0. The molecule has 0 bridgehead atoms. The molecule has 1 aliphatic heterocycles. The molecule has 0 radical (unpaired) electrons. The van der Waals surface area contributed by atoms with Crippen LogP contribution in [0.3, 0.4) is 0 Å². The molecule has 0 spiro atoms. The number of halogens is 3. The van der Waals surface area contributed by atoms with E-state index in [0.29, 0.717) is 6.07 Å². The second-order valence-corrected chi connectivity index (χ2v) is 14.7. The van der Waals surface area contributed by atoms with E-state index >= 15 is 0 Å². The predicted molar refractivity (Wildman–Crippen MR) is 158 cm³/mol. The van der Waals surface area contributed by atoms with E-state index in [-0.39, 0.29) is 22.0 Å². The molecule has 2 amide bonds. The number of anilines is 2. The van der Waals surface area contributed by atoms with Gasteiger partial charge >= 0.3 is 12.3 Å². The molecule has 1 unspecified atom stereocenters. The van der Waals surface area contributed by atoms with Crippen molar-refractivity contribution in [3.05, 3.63) is 77.9 Å². The average Bonchev–Trinajstić information content (AvgIpc) is 2.91. The van der Waals surface area contributed by atoms with Crippen LogP contribution in [0.1, 0.15) is 38.3 Å². The summed E-state index contributed by atoms with van der Waals surface area (Å²) in [6.45, 7) is 6.08. The van der Waals surface area contributed by atoms with Crippen molar-refractivity contribution in [3.63, 3.8) is 0 Å². The fourth-order valence-corrected chi connectivity index (χ4v) is 6.82. The maximum atomic E-state index is 13.8. The number of hydrogen-bond acceptors (Lipinski definition) is 8. The maximum absolute atomic E-state index is 13.8. The second-order valence-electron chi connectivity index (χ2n) is 11.2. The Balaban J connectivity index is 1.67. The van der Waals surface area contributed by atoms with Crippen LogP contribution in [-0.4, -0.2) is 47.1 Å². The average molecular weight is 670 g/mol. The van der Waals surface area contributed by atoms with E-state index in [9.17, 15) is 39.6 Å². The van der Waals surface area contributed by atoms with Crippen LogP contribution in [0.15, 0.2) is 76.5 Å². The Bertz CT molecular complexity index is 1820. The summed E-state index contributed by atoms with van der Waals surface area (Å²) in [7, 11) is -8.99. The van der Waals surface area contributed by atoms with Crippen molar-refractivity contribution >= 4 is 43.4 Å². The number of aryl methyl sites for hydroxylation is 1. The molecule has 4 rings (SSSR count). The highest BCUT2D eigenvalue weighted by molar-refractivity contribution is 7.92. The van der Waals surface area contributed by atoms with Gasteiger partial charge in [-0.3, -0.25) is 14.4 Å². The van der Waals surface area contributed by atoms with E-state index in [1.807, 2.05) is 4.72 Å². The van der Waals surface area contributed by atoms with E-state index in [4.69, 9.17) is 9.47 Å². The van der Waals surface area contributed by atoms with Crippen molar-refractivity contribution in [2.45, 2.75) is 61.8 Å². The van der Waals surface area contributed by atoms with Crippen LogP contribution in [0, 0.1) is 6.92 Å². The van der Waals surface area contributed by atoms with Crippen LogP contribution in [0.4, 0.5) is 29.3 Å². The van der Waals surface area contributed by atoms with Crippen molar-refractivity contribution in [1.29, 1.82) is 0 Å². The summed E-state index contributed by atoms with van der Waals surface area (Å²) in [4.78, 5) is 24.3. The fraction of sp³-hybridized carbons (Fsp3) is 0.310. The molecule has 3 aromatic rings. The molecule has 0 saturated heterocycles. The molecule has 16 heteroatoms. The molecule has 0 fully saturated rings. The predicted octanol–water partition coefficient (Wildman–Crippen LogP) is 5.21. The van der Waals surface area contributed by atoms with E-state index in [1.165, 1.54) is 30.3 Å². The number of fused-ring (bicyclic) bond motifs is 1. The zero-order valence-corrected chi connectivity index (χ0v) is 26.1. The molecular formula is C29H30F3N3O8S2. The number of sulfonamides is 2. The van der Waals surface area contributed by atoms with Gasteiger partial charge in [0.05, 0.1) is 34.0 Å². The van der Waals surface area contributed by atoms with E-state index in [1.54, 1.807) is 39.8 Å². The Kier molecular flexibility index (Phi) is 9.13. The highest BCUT2D eigenvalue weighted by Crippen LogP contribution is 2.40. The molecule has 11 nitrogen and oxygen atoms in total. The first-order valence-corrected chi connectivity index (χ1v) is 16.3. The van der Waals surface area contributed by atoms with Crippen molar-refractivity contribution < 1.29 is 49.1 Å². The van der Waals surface area contributed by atoms with Crippen LogP contribution in [0.5, 0.6) is 5.75 Å². The summed E-state index contributed by atoms with van der Waals surface area (Å²) in [5, 5.41) is 2.46. The minimum atomic E-state index is -4.83. The number of hydrogen-bond donors (Lipinski definition) is 2. The number of nitrogens with one attached hydrogen (secondary N) is 2. The SMILES string of the molecule is Cc1ccc(S(=O)(=O)NC(=O)CC2CN(S(=O)(=O)c3cccc(C(F)(F)F)c3)c3cc(NC(=O)OC(C)(C)C)ccc3O2)cc1. The Labute approximate surface area is 258 Å². The highest BCUT2D eigenvalue weighted by Gasteiger charge is 2.38. The Morgan fingerprint density at radius 2 is 1.62 bits per heavy atom. The van der Waals surface area contributed by atoms with Gasteiger partial charge in [0.25, 0.3) is 20.0 Å². The fourth-order valence-electron chi connectivity index (χ4n) is 4.28. The quantitative estimate of drug-likeness (QED) is 0.348. The normalized spacial score (nSPS) is 15.4. The van der Waals surface area contributed by atoms with Crippen LogP contribution < -0.4 is 19.1 Å². The van der Waals surface area contributed by atoms with Gasteiger partial charge in [-0.15, -0.1) is 0 Å². The summed E-state index contributed by atoms with van der Waals surface area (Å²) < 4.78 is 107. The first-order valence-electron chi connectivity index (χ1n) is 13.4. The van der Waals surface area contributed by atoms with Crippen molar-refractivity contribution in [2.75, 3.05) is 16.2 Å². The highest BCUT2D eigenvalue weighted by atomic mass is 32.2. The second kappa shape index (κ2) is 12.2. The van der Waals surface area contributed by atoms with Gasteiger partial charge in [0, 0.05) is 5.69 Å². The monoisotopic (exact) mass is 669 g/mol. The molecule has 0 aromatic heterocycles. The number of alkyl halides is 3. The van der Waals surface area contributed by atoms with Gasteiger partial charge in [0.1, 0.15) is 17.5 Å². The molecule has 1 atom stereocenters. The Hall–Kier alpha value is -4.31. The molecule has 3 aromatic carbocycles. The molecular weight excluding hydrogens is 639 g/mol. The Morgan fingerprint density at radius 3 is 2.24 bits per heavy atom. The van der Waals surface area contributed by atoms with Gasteiger partial charge < -0.3 is 9.47 Å². The topological polar surface area (TPSA) is 148 Å². The van der Waals surface area contributed by atoms with Gasteiger partial charge in [-0.2, -0.15) is 13.2 Å². The largest absolute Gasteiger partial charge is 0.486 e. The molecule has 1 heterocycles. The number of nitrogens with zero attached hydrogens (tertiary/aromatic N) is 1. The van der Waals surface area contributed by atoms with Gasteiger partial charge in [-0.1, -0.05) is 23.8 Å². The molecule has 2 N–H and O–H groups in total. The number of amides is 2. The first-order chi connectivity index (χ1) is 20.7. The van der Waals surface area contributed by atoms with Gasteiger partial charge in [0.15, 0.2) is 0 Å². The zero-order valence-electron chi connectivity index (χ0n) is 24.5. The molecule has 242 valence electrons. The third-order valence-electron chi connectivity index (χ3n) is 6.28. The number of carbonyl (C=O) groups excluding carboxylic acids is 2. The number of rotatable bonds is 7. The third kappa shape index (κ3) is 8.25. The number of ether oxygens (including phenoxy) is 2. The molecule has 45 heavy (non-hydrogen) atoms. The van der Waals surface area contributed by atoms with Gasteiger partial charge in [-0.05, 0) is 76.2 Å². The van der Waals surface area contributed by atoms with Crippen molar-refractivity contribution in [3.8, 4) is 5.75 Å². The maximum Gasteiger partial charge on any atom is 0.416 e. The lowest BCUT2D eigenvalue weighted by molar-refractivity contribution is -0.137. The third-order valence-corrected chi connectivity index (χ3v) is 9.44. The van der Waals surface area contributed by atoms with E-state index in [0.717, 1.165) is 28.1 Å². The lowest BCUT2D eigenvalue weighted by Crippen LogP contribution is -2.46. The summed E-state index contributed by atoms with van der Waals surface area (Å²) in [5.74, 6) is -1.10. The van der Waals surface area contributed by atoms with Crippen LogP contribution in [-0.2, 0) is 35.8 Å². The van der Waals surface area contributed by atoms with E-state index in [2.05, 4.69) is 5.32 Å². The van der Waals surface area contributed by atoms with E-state index < -0.39 is 73.4 Å². The lowest BCUT2D eigenvalue weighted by atomic mass is 10.1. The van der Waals surface area contributed by atoms with Crippen LogP contribution in [0.2, 0.25) is 0 Å². The standard InChI is InChI=1S/C29H30F3N3O8S2/c1-18-8-11-22(12-9-18)44(38,39)34-26(36)16-21-17-35(45(40,41)23-7-5-6-19(14-23)29(30,31)32)24-15-20(10-13-25(24)42-21)33-27(37)43-28(2,3)4/h5-15,21H,16-17H2,1-4H3,(H,33,37)(H,34,36). The smallest absolute Gasteiger partial charge is 0.416 e. The van der Waals surface area contributed by atoms with Gasteiger partial charge in [-0.25, -0.2) is 26.4 Å².